The van der Waals surface area contributed by atoms with Crippen molar-refractivity contribution in [2.24, 2.45) is 9.98 Å². The molecule has 1 aromatic heterocycles. The van der Waals surface area contributed by atoms with Gasteiger partial charge < -0.3 is 0 Å². The number of benzene rings is 1. The molecule has 0 saturated carbocycles. The third kappa shape index (κ3) is 1.18. The van der Waals surface area contributed by atoms with Crippen LogP contribution in [0.25, 0.3) is 11.3 Å². The van der Waals surface area contributed by atoms with Crippen molar-refractivity contribution in [3.8, 4) is 11.3 Å². The van der Waals surface area contributed by atoms with E-state index in [1.165, 1.54) is 0 Å². The van der Waals surface area contributed by atoms with Crippen LogP contribution in [0.3, 0.4) is 0 Å². The van der Waals surface area contributed by atoms with Crippen LogP contribution in [-0.4, -0.2) is 22.4 Å². The molecule has 4 rings (SSSR count). The van der Waals surface area contributed by atoms with Gasteiger partial charge in [-0.1, -0.05) is 22.0 Å². The molecule has 2 aromatic rings. The molecule has 0 radical (unpaired) electrons. The van der Waals surface area contributed by atoms with Gasteiger partial charge in [-0.05, 0) is 12.1 Å². The van der Waals surface area contributed by atoms with E-state index >= 15 is 0 Å². The number of halogens is 1. The fourth-order valence-electron chi connectivity index (χ4n) is 2.18. The van der Waals surface area contributed by atoms with Gasteiger partial charge in [-0.3, -0.25) is 4.79 Å². The van der Waals surface area contributed by atoms with E-state index in [0.29, 0.717) is 34.6 Å². The van der Waals surface area contributed by atoms with Crippen molar-refractivity contribution in [2.75, 3.05) is 6.67 Å². The largest absolute Gasteiger partial charge is 0.287 e. The first-order valence-corrected chi connectivity index (χ1v) is 6.15. The predicted molar refractivity (Wildman–Crippen MR) is 65.8 cm³/mol. The Morgan fingerprint density at radius 3 is 2.50 bits per heavy atom. The van der Waals surface area contributed by atoms with Gasteiger partial charge in [0.15, 0.2) is 11.0 Å². The highest BCUT2D eigenvalue weighted by Crippen LogP contribution is 2.34. The molecule has 5 nitrogen and oxygen atoms in total. The summed E-state index contributed by atoms with van der Waals surface area (Å²) in [6.45, 7) is 0.347. The second-order valence-corrected chi connectivity index (χ2v) is 4.96. The van der Waals surface area contributed by atoms with Gasteiger partial charge >= 0.3 is 0 Å². The van der Waals surface area contributed by atoms with Crippen molar-refractivity contribution >= 4 is 21.7 Å². The molecule has 0 saturated heterocycles. The predicted octanol–water partition coefficient (Wildman–Crippen LogP) is 0.661. The zero-order chi connectivity index (χ0) is 12.3. The van der Waals surface area contributed by atoms with Gasteiger partial charge in [-0.15, -0.1) is 0 Å². The third-order valence-electron chi connectivity index (χ3n) is 3.00. The molecular weight excluding hydrogens is 296 g/mol. The minimum Gasteiger partial charge on any atom is -0.287 e. The highest BCUT2D eigenvalue weighted by molar-refractivity contribution is 9.10. The van der Waals surface area contributed by atoms with E-state index in [1.54, 1.807) is 6.07 Å². The van der Waals surface area contributed by atoms with Crippen LogP contribution < -0.4 is 11.0 Å². The summed E-state index contributed by atoms with van der Waals surface area (Å²) in [5.74, 6) is -0.0984. The van der Waals surface area contributed by atoms with E-state index in [0.717, 1.165) is 10.0 Å². The molecule has 0 unspecified atom stereocenters. The number of nitrogens with zero attached hydrogens (tertiary/aromatic N) is 4. The summed E-state index contributed by atoms with van der Waals surface area (Å²) in [6.07, 6.45) is 0. The standard InChI is InChI=1S/C12H5BrN4O/c13-5-1-2-6-7(3-5)10(18)9-8(6)16-11-12(17-9)15-4-14-11/h1-3H,4H2. The summed E-state index contributed by atoms with van der Waals surface area (Å²) in [4.78, 5) is 29.1. The third-order valence-corrected chi connectivity index (χ3v) is 3.49. The van der Waals surface area contributed by atoms with Crippen LogP contribution in [0.15, 0.2) is 32.7 Å². The van der Waals surface area contributed by atoms with Gasteiger partial charge in [0.1, 0.15) is 18.1 Å². The van der Waals surface area contributed by atoms with Crippen molar-refractivity contribution in [3.63, 3.8) is 0 Å². The molecule has 2 aliphatic rings. The molecule has 1 aliphatic carbocycles. The lowest BCUT2D eigenvalue weighted by atomic mass is 10.1. The lowest BCUT2D eigenvalue weighted by molar-refractivity contribution is 0.103. The van der Waals surface area contributed by atoms with Gasteiger partial charge in [0.05, 0.1) is 0 Å². The summed E-state index contributed by atoms with van der Waals surface area (Å²) < 4.78 is 0.865. The summed E-state index contributed by atoms with van der Waals surface area (Å²) >= 11 is 3.36. The molecule has 0 amide bonds. The Morgan fingerprint density at radius 2 is 1.72 bits per heavy atom. The van der Waals surface area contributed by atoms with Gasteiger partial charge in [0, 0.05) is 15.6 Å². The number of hydrogen-bond donors (Lipinski definition) is 0. The summed E-state index contributed by atoms with van der Waals surface area (Å²) in [5.41, 5.74) is 3.43. The smallest absolute Gasteiger partial charge is 0.214 e. The van der Waals surface area contributed by atoms with Gasteiger partial charge in [-0.2, -0.15) is 0 Å². The summed E-state index contributed by atoms with van der Waals surface area (Å²) in [5, 5.41) is 0. The molecule has 86 valence electrons. The molecule has 0 N–H and O–H groups in total. The highest BCUT2D eigenvalue weighted by atomic mass is 79.9. The Morgan fingerprint density at radius 1 is 1.00 bits per heavy atom. The van der Waals surface area contributed by atoms with Gasteiger partial charge in [0.25, 0.3) is 0 Å². The minimum absolute atomic E-state index is 0.0984. The first-order chi connectivity index (χ1) is 8.74. The van der Waals surface area contributed by atoms with E-state index in [4.69, 9.17) is 0 Å². The summed E-state index contributed by atoms with van der Waals surface area (Å²) in [6, 6.07) is 5.55. The van der Waals surface area contributed by atoms with Crippen molar-refractivity contribution in [3.05, 3.63) is 44.9 Å². The van der Waals surface area contributed by atoms with Crippen LogP contribution in [0.4, 0.5) is 0 Å². The molecule has 2 heterocycles. The lowest BCUT2D eigenvalue weighted by Gasteiger charge is -1.97. The van der Waals surface area contributed by atoms with Gasteiger partial charge in [-0.25, -0.2) is 20.0 Å². The highest BCUT2D eigenvalue weighted by Gasteiger charge is 2.30. The number of fused-ring (bicyclic) bond motifs is 4. The van der Waals surface area contributed by atoms with Crippen molar-refractivity contribution in [1.82, 2.24) is 9.97 Å². The van der Waals surface area contributed by atoms with Crippen LogP contribution >= 0.6 is 15.9 Å². The molecular formula is C12H5BrN4O. The second kappa shape index (κ2) is 3.29. The van der Waals surface area contributed by atoms with E-state index < -0.39 is 0 Å². The van der Waals surface area contributed by atoms with Crippen LogP contribution in [0, 0.1) is 0 Å². The number of aromatic nitrogens is 2. The molecule has 6 heteroatoms. The number of ketones is 1. The first kappa shape index (κ1) is 10.0. The maximum Gasteiger partial charge on any atom is 0.214 e. The molecule has 0 bridgehead atoms. The molecule has 1 aliphatic heterocycles. The van der Waals surface area contributed by atoms with Crippen LogP contribution in [0.1, 0.15) is 16.1 Å². The van der Waals surface area contributed by atoms with Crippen LogP contribution in [0.5, 0.6) is 0 Å². The summed E-state index contributed by atoms with van der Waals surface area (Å²) in [7, 11) is 0. The normalized spacial score (nSPS) is 14.6. The Labute approximate surface area is 109 Å². The molecule has 18 heavy (non-hydrogen) atoms. The topological polar surface area (TPSA) is 67.6 Å². The molecule has 1 aromatic carbocycles. The SMILES string of the molecule is O=C1c2cc(Br)ccc2-c2nc3c(nc21)=NCN=3. The van der Waals surface area contributed by atoms with E-state index in [9.17, 15) is 4.79 Å². The average molecular weight is 301 g/mol. The van der Waals surface area contributed by atoms with Crippen LogP contribution in [-0.2, 0) is 0 Å². The average Bonchev–Trinajstić information content (AvgIpc) is 2.92. The van der Waals surface area contributed by atoms with Crippen LogP contribution in [0.2, 0.25) is 0 Å². The molecule has 0 spiro atoms. The fraction of sp³-hybridized carbons (Fsp3) is 0.0833. The van der Waals surface area contributed by atoms with Gasteiger partial charge in [0.2, 0.25) is 5.78 Å². The quantitative estimate of drug-likeness (QED) is 0.612. The molecule has 0 fully saturated rings. The number of carbonyl (C=O) groups excluding carboxylic acids is 1. The Bertz CT molecular complexity index is 844. The van der Waals surface area contributed by atoms with E-state index in [1.807, 2.05) is 12.1 Å². The van der Waals surface area contributed by atoms with Crippen molar-refractivity contribution in [2.45, 2.75) is 0 Å². The zero-order valence-corrected chi connectivity index (χ0v) is 10.6. The monoisotopic (exact) mass is 300 g/mol. The number of carbonyl (C=O) groups is 1. The molecule has 0 atom stereocenters. The Kier molecular flexibility index (Phi) is 1.83. The zero-order valence-electron chi connectivity index (χ0n) is 9.01. The maximum atomic E-state index is 12.2. The van der Waals surface area contributed by atoms with E-state index in [2.05, 4.69) is 35.9 Å². The van der Waals surface area contributed by atoms with Crippen molar-refractivity contribution in [1.29, 1.82) is 0 Å². The van der Waals surface area contributed by atoms with E-state index in [-0.39, 0.29) is 5.78 Å². The minimum atomic E-state index is -0.0984. The second-order valence-electron chi connectivity index (χ2n) is 4.04. The first-order valence-electron chi connectivity index (χ1n) is 5.36. The number of hydrogen-bond acceptors (Lipinski definition) is 5. The fourth-order valence-corrected chi connectivity index (χ4v) is 2.54. The Hall–Kier alpha value is -1.95. The lowest BCUT2D eigenvalue weighted by Crippen LogP contribution is -2.31. The Balaban J connectivity index is 2.13. The number of rotatable bonds is 0. The van der Waals surface area contributed by atoms with Crippen molar-refractivity contribution < 1.29 is 4.79 Å². The maximum absolute atomic E-state index is 12.2.